The molecule has 0 unspecified atom stereocenters. The average Bonchev–Trinajstić information content (AvgIpc) is 2.87. The Morgan fingerprint density at radius 1 is 0.958 bits per heavy atom. The molecule has 0 atom stereocenters. The topological polar surface area (TPSA) is 50.3 Å². The Bertz CT molecular complexity index is 417. The Kier molecular flexibility index (Phi) is 7.15. The number of rotatable bonds is 5. The fourth-order valence-corrected chi connectivity index (χ4v) is 3.48. The van der Waals surface area contributed by atoms with E-state index in [0.717, 1.165) is 78.3 Å². The minimum absolute atomic E-state index is 0.151. The molecule has 24 heavy (non-hydrogen) atoms. The van der Waals surface area contributed by atoms with E-state index in [-0.39, 0.29) is 12.1 Å². The first-order valence-electron chi connectivity index (χ1n) is 9.33. The minimum atomic E-state index is 0.151. The van der Waals surface area contributed by atoms with Gasteiger partial charge in [0.2, 0.25) is 0 Å². The largest absolute Gasteiger partial charge is 0.326 e. The van der Waals surface area contributed by atoms with Gasteiger partial charge in [0.1, 0.15) is 0 Å². The zero-order valence-corrected chi connectivity index (χ0v) is 15.5. The summed E-state index contributed by atoms with van der Waals surface area (Å²) in [5, 5.41) is 0. The third-order valence-corrected chi connectivity index (χ3v) is 5.10. The summed E-state index contributed by atoms with van der Waals surface area (Å²) in [6.07, 6.45) is 2.00. The lowest BCUT2D eigenvalue weighted by Gasteiger charge is -2.33. The molecule has 2 aliphatic rings. The summed E-state index contributed by atoms with van der Waals surface area (Å²) in [5.74, 6) is 0. The van der Waals surface area contributed by atoms with Gasteiger partial charge in [-0.1, -0.05) is 0 Å². The Labute approximate surface area is 146 Å². The van der Waals surface area contributed by atoms with Crippen LogP contribution >= 0.6 is 0 Å². The number of carbonyl (C=O) groups is 2. The number of hydrogen-bond acceptors (Lipinski definition) is 3. The molecule has 0 radical (unpaired) electrons. The summed E-state index contributed by atoms with van der Waals surface area (Å²) < 4.78 is 0. The number of nitrogens with zero attached hydrogens (tertiary/aromatic N) is 5. The molecule has 0 spiro atoms. The van der Waals surface area contributed by atoms with Crippen molar-refractivity contribution in [2.24, 2.45) is 0 Å². The van der Waals surface area contributed by atoms with Gasteiger partial charge < -0.3 is 24.5 Å². The van der Waals surface area contributed by atoms with Crippen LogP contribution < -0.4 is 0 Å². The summed E-state index contributed by atoms with van der Waals surface area (Å²) in [5.41, 5.74) is 0. The van der Waals surface area contributed by atoms with Crippen molar-refractivity contribution in [3.8, 4) is 0 Å². The van der Waals surface area contributed by atoms with Crippen molar-refractivity contribution in [2.45, 2.75) is 26.7 Å². The number of amides is 4. The second kappa shape index (κ2) is 9.11. The summed E-state index contributed by atoms with van der Waals surface area (Å²) >= 11 is 0. The maximum absolute atomic E-state index is 12.5. The molecule has 0 bridgehead atoms. The monoisotopic (exact) mass is 339 g/mol. The normalized spacial score (nSPS) is 20.3. The maximum atomic E-state index is 12.5. The van der Waals surface area contributed by atoms with Gasteiger partial charge in [0.25, 0.3) is 0 Å². The molecule has 7 heteroatoms. The summed E-state index contributed by atoms with van der Waals surface area (Å²) in [6.45, 7) is 12.7. The molecule has 0 aromatic rings. The number of urea groups is 2. The third-order valence-electron chi connectivity index (χ3n) is 5.10. The van der Waals surface area contributed by atoms with Gasteiger partial charge in [0.05, 0.1) is 0 Å². The molecule has 0 aromatic heterocycles. The molecule has 2 heterocycles. The maximum Gasteiger partial charge on any atom is 0.319 e. The predicted molar refractivity (Wildman–Crippen MR) is 95.2 cm³/mol. The van der Waals surface area contributed by atoms with Crippen LogP contribution in [0.15, 0.2) is 0 Å². The Hall–Kier alpha value is -1.50. The number of hydrogen-bond donors (Lipinski definition) is 0. The van der Waals surface area contributed by atoms with E-state index in [1.807, 2.05) is 35.6 Å². The zero-order valence-electron chi connectivity index (χ0n) is 15.5. The lowest BCUT2D eigenvalue weighted by molar-refractivity contribution is 0.137. The van der Waals surface area contributed by atoms with Gasteiger partial charge in [-0.05, 0) is 39.8 Å². The van der Waals surface area contributed by atoms with Gasteiger partial charge in [-0.25, -0.2) is 9.59 Å². The van der Waals surface area contributed by atoms with Gasteiger partial charge in [-0.2, -0.15) is 0 Å². The van der Waals surface area contributed by atoms with Crippen LogP contribution in [-0.2, 0) is 0 Å². The molecule has 0 saturated carbocycles. The first kappa shape index (κ1) is 18.8. The van der Waals surface area contributed by atoms with E-state index in [1.165, 1.54) is 0 Å². The molecule has 0 N–H and O–H groups in total. The average molecular weight is 339 g/mol. The van der Waals surface area contributed by atoms with Crippen LogP contribution in [0.1, 0.15) is 26.7 Å². The smallest absolute Gasteiger partial charge is 0.319 e. The highest BCUT2D eigenvalue weighted by molar-refractivity contribution is 5.76. The first-order valence-corrected chi connectivity index (χ1v) is 9.33. The van der Waals surface area contributed by atoms with Gasteiger partial charge in [-0.3, -0.25) is 0 Å². The molecular weight excluding hydrogens is 306 g/mol. The van der Waals surface area contributed by atoms with Crippen LogP contribution in [0, 0.1) is 0 Å². The fraction of sp³-hybridized carbons (Fsp3) is 0.882. The van der Waals surface area contributed by atoms with Gasteiger partial charge in [0.15, 0.2) is 0 Å². The van der Waals surface area contributed by atoms with Crippen LogP contribution in [0.2, 0.25) is 0 Å². The van der Waals surface area contributed by atoms with Crippen LogP contribution in [0.25, 0.3) is 0 Å². The molecule has 138 valence electrons. The molecule has 0 aromatic carbocycles. The molecule has 2 rings (SSSR count). The van der Waals surface area contributed by atoms with E-state index in [0.29, 0.717) is 0 Å². The highest BCUT2D eigenvalue weighted by Crippen LogP contribution is 2.09. The zero-order chi connectivity index (χ0) is 17.5. The molecule has 2 fully saturated rings. The fourth-order valence-electron chi connectivity index (χ4n) is 3.48. The van der Waals surface area contributed by atoms with Crippen molar-refractivity contribution in [2.75, 3.05) is 72.5 Å². The molecule has 2 saturated heterocycles. The highest BCUT2D eigenvalue weighted by atomic mass is 16.2. The van der Waals surface area contributed by atoms with Crippen molar-refractivity contribution < 1.29 is 9.59 Å². The third kappa shape index (κ3) is 4.75. The first-order chi connectivity index (χ1) is 11.6. The Balaban J connectivity index is 1.74. The van der Waals surface area contributed by atoms with E-state index >= 15 is 0 Å². The van der Waals surface area contributed by atoms with E-state index in [9.17, 15) is 9.59 Å². The number of carbonyl (C=O) groups excluding carboxylic acids is 2. The molecule has 4 amide bonds. The van der Waals surface area contributed by atoms with Crippen LogP contribution in [0.5, 0.6) is 0 Å². The van der Waals surface area contributed by atoms with Crippen molar-refractivity contribution in [3.63, 3.8) is 0 Å². The summed E-state index contributed by atoms with van der Waals surface area (Å²) in [4.78, 5) is 34.4. The molecule has 2 aliphatic heterocycles. The lowest BCUT2D eigenvalue weighted by atomic mass is 10.2. The molecule has 7 nitrogen and oxygen atoms in total. The van der Waals surface area contributed by atoms with Gasteiger partial charge in [0, 0.05) is 59.4 Å². The van der Waals surface area contributed by atoms with Crippen molar-refractivity contribution in [1.82, 2.24) is 24.5 Å². The van der Waals surface area contributed by atoms with E-state index in [1.54, 1.807) is 4.90 Å². The lowest BCUT2D eigenvalue weighted by Crippen LogP contribution is -2.47. The van der Waals surface area contributed by atoms with Crippen LogP contribution in [-0.4, -0.2) is 109 Å². The van der Waals surface area contributed by atoms with E-state index in [4.69, 9.17) is 0 Å². The van der Waals surface area contributed by atoms with E-state index < -0.39 is 0 Å². The van der Waals surface area contributed by atoms with Crippen molar-refractivity contribution >= 4 is 12.1 Å². The van der Waals surface area contributed by atoms with Crippen molar-refractivity contribution in [3.05, 3.63) is 0 Å². The number of likely N-dealkylation sites (N-methyl/N-ethyl adjacent to an activating group) is 1. The molecular formula is C17H33N5O2. The van der Waals surface area contributed by atoms with Crippen LogP contribution in [0.3, 0.4) is 0 Å². The van der Waals surface area contributed by atoms with Crippen molar-refractivity contribution in [1.29, 1.82) is 0 Å². The van der Waals surface area contributed by atoms with Gasteiger partial charge in [-0.15, -0.1) is 0 Å². The minimum Gasteiger partial charge on any atom is -0.326 e. The SMILES string of the molecule is CCN(CC)C(=O)N1CCCN(CCN2CCN(C)C2=O)CCC1. The summed E-state index contributed by atoms with van der Waals surface area (Å²) in [7, 11) is 1.86. The van der Waals surface area contributed by atoms with E-state index in [2.05, 4.69) is 4.90 Å². The Morgan fingerprint density at radius 2 is 1.58 bits per heavy atom. The standard InChI is InChI=1S/C17H33N5O2/c1-4-20(5-2)17(24)21-10-6-8-19(9-7-11-21)13-15-22-14-12-18(3)16(22)23/h4-15H2,1-3H3. The Morgan fingerprint density at radius 3 is 2.08 bits per heavy atom. The highest BCUT2D eigenvalue weighted by Gasteiger charge is 2.26. The van der Waals surface area contributed by atoms with Crippen LogP contribution in [0.4, 0.5) is 9.59 Å². The second-order valence-corrected chi connectivity index (χ2v) is 6.68. The van der Waals surface area contributed by atoms with Gasteiger partial charge >= 0.3 is 12.1 Å². The second-order valence-electron chi connectivity index (χ2n) is 6.68. The molecule has 0 aliphatic carbocycles. The predicted octanol–water partition coefficient (Wildman–Crippen LogP) is 1.21. The summed E-state index contributed by atoms with van der Waals surface area (Å²) in [6, 6.07) is 0.331. The quantitative estimate of drug-likeness (QED) is 0.757.